The highest BCUT2D eigenvalue weighted by Crippen LogP contribution is 2.38. The minimum Gasteiger partial charge on any atom is -0.446 e. The number of nitrogens with one attached hydrogen (secondary N) is 1. The molecular weight excluding hydrogens is 278 g/mol. The number of nitrogens with zero attached hydrogens (tertiary/aromatic N) is 2. The van der Waals surface area contributed by atoms with E-state index < -0.39 is 0 Å². The van der Waals surface area contributed by atoms with Crippen LogP contribution in [-0.2, 0) is 0 Å². The maximum atomic E-state index is 5.47. The van der Waals surface area contributed by atoms with E-state index in [2.05, 4.69) is 26.1 Å². The van der Waals surface area contributed by atoms with Gasteiger partial charge in [-0.3, -0.25) is 9.67 Å². The first kappa shape index (κ1) is 9.35. The second kappa shape index (κ2) is 3.31. The zero-order valence-electron chi connectivity index (χ0n) is 7.74. The summed E-state index contributed by atoms with van der Waals surface area (Å²) in [7, 11) is 0. The molecule has 4 nitrogen and oxygen atoms in total. The van der Waals surface area contributed by atoms with Crippen LogP contribution in [0.2, 0.25) is 0 Å². The number of furan rings is 1. The third kappa shape index (κ3) is 1.57. The van der Waals surface area contributed by atoms with Gasteiger partial charge in [0.25, 0.3) is 0 Å². The van der Waals surface area contributed by atoms with Crippen molar-refractivity contribution in [2.75, 3.05) is 0 Å². The van der Waals surface area contributed by atoms with Crippen molar-refractivity contribution >= 4 is 28.1 Å². The van der Waals surface area contributed by atoms with Crippen LogP contribution < -0.4 is 0 Å². The van der Waals surface area contributed by atoms with Crippen LogP contribution in [0.3, 0.4) is 0 Å². The van der Waals surface area contributed by atoms with E-state index >= 15 is 0 Å². The fraction of sp³-hybridized carbons (Fsp3) is 0.333. The lowest BCUT2D eigenvalue weighted by Crippen LogP contribution is -1.96. The van der Waals surface area contributed by atoms with Crippen molar-refractivity contribution in [1.82, 2.24) is 14.8 Å². The Bertz CT molecular complexity index is 552. The monoisotopic (exact) mass is 285 g/mol. The third-order valence-corrected chi connectivity index (χ3v) is 3.12. The molecule has 6 heteroatoms. The molecule has 2 aromatic rings. The molecule has 0 unspecified atom stereocenters. The van der Waals surface area contributed by atoms with Crippen molar-refractivity contribution in [2.24, 2.45) is 0 Å². The summed E-state index contributed by atoms with van der Waals surface area (Å²) in [6.45, 7) is 0. The average Bonchev–Trinajstić information content (AvgIpc) is 2.84. The van der Waals surface area contributed by atoms with Gasteiger partial charge in [0.15, 0.2) is 21.0 Å². The molecule has 0 spiro atoms. The highest BCUT2D eigenvalue weighted by molar-refractivity contribution is 9.10. The summed E-state index contributed by atoms with van der Waals surface area (Å²) in [4.78, 5) is 0. The summed E-state index contributed by atoms with van der Waals surface area (Å²) >= 11 is 8.46. The van der Waals surface area contributed by atoms with Crippen LogP contribution in [0, 0.1) is 4.77 Å². The van der Waals surface area contributed by atoms with Gasteiger partial charge in [0.1, 0.15) is 0 Å². The Morgan fingerprint density at radius 2 is 2.33 bits per heavy atom. The minimum atomic E-state index is 0.495. The Balaban J connectivity index is 2.15. The molecule has 0 saturated heterocycles. The van der Waals surface area contributed by atoms with Crippen molar-refractivity contribution in [3.05, 3.63) is 21.6 Å². The van der Waals surface area contributed by atoms with Crippen molar-refractivity contribution < 1.29 is 4.42 Å². The second-order valence-corrected chi connectivity index (χ2v) is 4.73. The molecule has 1 aliphatic rings. The van der Waals surface area contributed by atoms with E-state index in [1.165, 1.54) is 12.8 Å². The molecule has 2 heterocycles. The third-order valence-electron chi connectivity index (χ3n) is 2.41. The lowest BCUT2D eigenvalue weighted by molar-refractivity contribution is 0.544. The van der Waals surface area contributed by atoms with Gasteiger partial charge in [-0.15, -0.1) is 0 Å². The van der Waals surface area contributed by atoms with Gasteiger partial charge in [-0.05, 0) is 53.1 Å². The Morgan fingerprint density at radius 3 is 2.93 bits per heavy atom. The lowest BCUT2D eigenvalue weighted by Gasteiger charge is -2.00. The number of hydrogen-bond donors (Lipinski definition) is 1. The van der Waals surface area contributed by atoms with Gasteiger partial charge in [0.05, 0.1) is 0 Å². The smallest absolute Gasteiger partial charge is 0.198 e. The Kier molecular flexibility index (Phi) is 2.07. The molecule has 1 N–H and O–H groups in total. The molecule has 0 atom stereocenters. The number of aromatic nitrogens is 3. The first-order valence-corrected chi connectivity index (χ1v) is 5.88. The van der Waals surface area contributed by atoms with Gasteiger partial charge in [-0.25, -0.2) is 0 Å². The fourth-order valence-electron chi connectivity index (χ4n) is 1.58. The number of hydrogen-bond acceptors (Lipinski definition) is 3. The molecule has 1 aliphatic carbocycles. The van der Waals surface area contributed by atoms with Gasteiger partial charge in [-0.1, -0.05) is 0 Å². The molecule has 0 aromatic carbocycles. The van der Waals surface area contributed by atoms with E-state index in [4.69, 9.17) is 16.6 Å². The molecule has 0 radical (unpaired) electrons. The quantitative estimate of drug-likeness (QED) is 0.862. The first-order chi connectivity index (χ1) is 7.25. The first-order valence-electron chi connectivity index (χ1n) is 4.68. The van der Waals surface area contributed by atoms with E-state index in [9.17, 15) is 0 Å². The van der Waals surface area contributed by atoms with E-state index in [0.29, 0.717) is 15.5 Å². The normalized spacial score (nSPS) is 15.8. The van der Waals surface area contributed by atoms with E-state index in [1.54, 1.807) is 0 Å². The zero-order valence-corrected chi connectivity index (χ0v) is 10.1. The molecule has 3 rings (SSSR count). The number of halogens is 1. The van der Waals surface area contributed by atoms with E-state index in [0.717, 1.165) is 11.6 Å². The van der Waals surface area contributed by atoms with Crippen LogP contribution in [-0.4, -0.2) is 14.8 Å². The number of rotatable bonds is 2. The Labute approximate surface area is 99.4 Å². The van der Waals surface area contributed by atoms with Gasteiger partial charge in [-0.2, -0.15) is 5.10 Å². The topological polar surface area (TPSA) is 46.8 Å². The van der Waals surface area contributed by atoms with Crippen LogP contribution in [0.4, 0.5) is 0 Å². The maximum Gasteiger partial charge on any atom is 0.198 e. The summed E-state index contributed by atoms with van der Waals surface area (Å²) in [6.07, 6.45) is 2.34. The van der Waals surface area contributed by atoms with Crippen molar-refractivity contribution in [1.29, 1.82) is 0 Å². The second-order valence-electron chi connectivity index (χ2n) is 3.56. The highest BCUT2D eigenvalue weighted by atomic mass is 79.9. The van der Waals surface area contributed by atoms with Crippen LogP contribution in [0.25, 0.3) is 11.6 Å². The molecule has 78 valence electrons. The lowest BCUT2D eigenvalue weighted by atomic mass is 10.4. The van der Waals surface area contributed by atoms with Crippen molar-refractivity contribution in [3.63, 3.8) is 0 Å². The summed E-state index contributed by atoms with van der Waals surface area (Å²) < 4.78 is 8.87. The SMILES string of the molecule is S=c1[nH]nc(-c2ccc(Br)o2)n1C1CC1. The van der Waals surface area contributed by atoms with Gasteiger partial charge in [0.2, 0.25) is 0 Å². The van der Waals surface area contributed by atoms with Crippen molar-refractivity contribution in [2.45, 2.75) is 18.9 Å². The van der Waals surface area contributed by atoms with E-state index in [1.807, 2.05) is 16.7 Å². The minimum absolute atomic E-state index is 0.495. The molecule has 0 aliphatic heterocycles. The molecule has 0 amide bonds. The molecule has 0 bridgehead atoms. The maximum absolute atomic E-state index is 5.47. The predicted molar refractivity (Wildman–Crippen MR) is 61.1 cm³/mol. The largest absolute Gasteiger partial charge is 0.446 e. The summed E-state index contributed by atoms with van der Waals surface area (Å²) in [6, 6.07) is 4.23. The molecular formula is C9H8BrN3OS. The molecule has 15 heavy (non-hydrogen) atoms. The standard InChI is InChI=1S/C9H8BrN3OS/c10-7-4-3-6(14-7)8-11-12-9(15)13(8)5-1-2-5/h3-5H,1-2H2,(H,12,15). The number of H-pyrrole nitrogens is 1. The Morgan fingerprint density at radius 1 is 1.53 bits per heavy atom. The summed E-state index contributed by atoms with van der Waals surface area (Å²) in [5.41, 5.74) is 0. The fourth-order valence-corrected chi connectivity index (χ4v) is 2.17. The van der Waals surface area contributed by atoms with E-state index in [-0.39, 0.29) is 0 Å². The highest BCUT2D eigenvalue weighted by Gasteiger charge is 2.28. The average molecular weight is 286 g/mol. The van der Waals surface area contributed by atoms with Crippen molar-refractivity contribution in [3.8, 4) is 11.6 Å². The molecule has 1 fully saturated rings. The van der Waals surface area contributed by atoms with Gasteiger partial charge in [0, 0.05) is 6.04 Å². The Hall–Kier alpha value is -0.880. The van der Waals surface area contributed by atoms with Crippen LogP contribution in [0.1, 0.15) is 18.9 Å². The predicted octanol–water partition coefficient (Wildman–Crippen LogP) is 3.30. The summed E-state index contributed by atoms with van der Waals surface area (Å²) in [5, 5.41) is 7.00. The number of aromatic amines is 1. The van der Waals surface area contributed by atoms with Crippen LogP contribution in [0.15, 0.2) is 21.2 Å². The molecule has 2 aromatic heterocycles. The van der Waals surface area contributed by atoms with Crippen LogP contribution >= 0.6 is 28.1 Å². The summed E-state index contributed by atoms with van der Waals surface area (Å²) in [5.74, 6) is 1.52. The zero-order chi connectivity index (χ0) is 10.4. The van der Waals surface area contributed by atoms with Gasteiger partial charge < -0.3 is 4.42 Å². The van der Waals surface area contributed by atoms with Crippen LogP contribution in [0.5, 0.6) is 0 Å². The van der Waals surface area contributed by atoms with Gasteiger partial charge >= 0.3 is 0 Å². The molecule has 1 saturated carbocycles.